The van der Waals surface area contributed by atoms with E-state index in [0.29, 0.717) is 31.0 Å². The Kier molecular flexibility index (Phi) is 8.04. The molecule has 7 nitrogen and oxygen atoms in total. The summed E-state index contributed by atoms with van der Waals surface area (Å²) in [4.78, 5) is 17.1. The average Bonchev–Trinajstić information content (AvgIpc) is 3.14. The summed E-state index contributed by atoms with van der Waals surface area (Å²) in [5, 5.41) is 0. The van der Waals surface area contributed by atoms with Gasteiger partial charge in [-0.15, -0.1) is 0 Å². The lowest BCUT2D eigenvalue weighted by Gasteiger charge is -2.18. The number of aromatic nitrogens is 2. The number of hydrogen-bond acceptors (Lipinski definition) is 5. The number of benzene rings is 2. The van der Waals surface area contributed by atoms with Crippen molar-refractivity contribution in [2.45, 2.75) is 58.1 Å². The second-order valence-corrected chi connectivity index (χ2v) is 9.75. The SMILES string of the molecule is CCN(CC)S(=O)(=O)c1ccc2c(c1)nc(CCC(=O)OC(C)c1ccc(F)cc1F)n2CC. The van der Waals surface area contributed by atoms with Crippen LogP contribution in [-0.2, 0) is 32.5 Å². The van der Waals surface area contributed by atoms with Crippen molar-refractivity contribution in [2.24, 2.45) is 0 Å². The number of halogens is 2. The van der Waals surface area contributed by atoms with Gasteiger partial charge in [-0.05, 0) is 44.2 Å². The van der Waals surface area contributed by atoms with Crippen LogP contribution in [0.3, 0.4) is 0 Å². The Balaban J connectivity index is 1.77. The summed E-state index contributed by atoms with van der Waals surface area (Å²) in [6.07, 6.45) is -0.606. The molecule has 0 radical (unpaired) electrons. The van der Waals surface area contributed by atoms with Gasteiger partial charge in [-0.25, -0.2) is 22.2 Å². The van der Waals surface area contributed by atoms with E-state index in [2.05, 4.69) is 4.98 Å². The Morgan fingerprint density at radius 3 is 2.44 bits per heavy atom. The van der Waals surface area contributed by atoms with Gasteiger partial charge < -0.3 is 9.30 Å². The first-order valence-corrected chi connectivity index (χ1v) is 12.7. The first-order chi connectivity index (χ1) is 16.1. The van der Waals surface area contributed by atoms with Crippen molar-refractivity contribution in [1.82, 2.24) is 13.9 Å². The van der Waals surface area contributed by atoms with E-state index in [4.69, 9.17) is 4.74 Å². The van der Waals surface area contributed by atoms with Gasteiger partial charge in [0.05, 0.1) is 22.3 Å². The third-order valence-corrected chi connectivity index (χ3v) is 7.77. The third kappa shape index (κ3) is 5.28. The lowest BCUT2D eigenvalue weighted by atomic mass is 10.1. The number of esters is 1. The number of carbonyl (C=O) groups excluding carboxylic acids is 1. The Hall–Kier alpha value is -2.85. The highest BCUT2D eigenvalue weighted by Gasteiger charge is 2.23. The number of ether oxygens (including phenoxy) is 1. The molecule has 0 bridgehead atoms. The molecule has 0 aliphatic carbocycles. The van der Waals surface area contributed by atoms with Crippen LogP contribution < -0.4 is 0 Å². The summed E-state index contributed by atoms with van der Waals surface area (Å²) in [5.41, 5.74) is 1.39. The molecule has 184 valence electrons. The zero-order valence-electron chi connectivity index (χ0n) is 19.7. The van der Waals surface area contributed by atoms with E-state index in [1.807, 2.05) is 11.5 Å². The predicted octanol–water partition coefficient (Wildman–Crippen LogP) is 4.60. The van der Waals surface area contributed by atoms with Gasteiger partial charge in [-0.2, -0.15) is 4.31 Å². The number of sulfonamides is 1. The smallest absolute Gasteiger partial charge is 0.306 e. The normalized spacial score (nSPS) is 12.9. The van der Waals surface area contributed by atoms with Crippen LogP contribution in [0, 0.1) is 11.6 Å². The lowest BCUT2D eigenvalue weighted by molar-refractivity contribution is -0.148. The molecular formula is C24H29F2N3O4S. The molecule has 1 aromatic heterocycles. The Morgan fingerprint density at radius 1 is 1.12 bits per heavy atom. The zero-order valence-corrected chi connectivity index (χ0v) is 20.5. The minimum Gasteiger partial charge on any atom is -0.458 e. The summed E-state index contributed by atoms with van der Waals surface area (Å²) in [6.45, 7) is 8.35. The van der Waals surface area contributed by atoms with Crippen molar-refractivity contribution in [3.63, 3.8) is 0 Å². The summed E-state index contributed by atoms with van der Waals surface area (Å²) in [7, 11) is -3.62. The number of hydrogen-bond donors (Lipinski definition) is 0. The first-order valence-electron chi connectivity index (χ1n) is 11.3. The van der Waals surface area contributed by atoms with E-state index < -0.39 is 33.7 Å². The van der Waals surface area contributed by atoms with E-state index in [1.165, 1.54) is 17.3 Å². The van der Waals surface area contributed by atoms with Crippen LogP contribution in [-0.4, -0.2) is 41.3 Å². The van der Waals surface area contributed by atoms with Gasteiger partial charge in [-0.3, -0.25) is 4.79 Å². The van der Waals surface area contributed by atoms with Crippen LogP contribution in [0.1, 0.15) is 51.6 Å². The first kappa shape index (κ1) is 25.8. The van der Waals surface area contributed by atoms with Crippen molar-refractivity contribution >= 4 is 27.0 Å². The van der Waals surface area contributed by atoms with Crippen LogP contribution >= 0.6 is 0 Å². The van der Waals surface area contributed by atoms with Crippen molar-refractivity contribution in [3.8, 4) is 0 Å². The van der Waals surface area contributed by atoms with E-state index in [1.54, 1.807) is 32.0 Å². The topological polar surface area (TPSA) is 81.5 Å². The maximum Gasteiger partial charge on any atom is 0.306 e. The number of carbonyl (C=O) groups is 1. The minimum atomic E-state index is -3.62. The number of aryl methyl sites for hydroxylation is 2. The van der Waals surface area contributed by atoms with Crippen LogP contribution in [0.4, 0.5) is 8.78 Å². The Bertz CT molecular complexity index is 1290. The maximum atomic E-state index is 13.9. The van der Waals surface area contributed by atoms with E-state index in [9.17, 15) is 22.0 Å². The molecule has 0 spiro atoms. The van der Waals surface area contributed by atoms with Crippen molar-refractivity contribution in [3.05, 3.63) is 59.4 Å². The van der Waals surface area contributed by atoms with Gasteiger partial charge in [0.15, 0.2) is 0 Å². The molecule has 0 aliphatic heterocycles. The Labute approximate surface area is 198 Å². The summed E-state index contributed by atoms with van der Waals surface area (Å²) < 4.78 is 61.4. The molecule has 1 heterocycles. The average molecular weight is 494 g/mol. The molecule has 3 rings (SSSR count). The van der Waals surface area contributed by atoms with Crippen LogP contribution in [0.2, 0.25) is 0 Å². The highest BCUT2D eigenvalue weighted by molar-refractivity contribution is 7.89. The van der Waals surface area contributed by atoms with Gasteiger partial charge in [0, 0.05) is 37.7 Å². The molecule has 10 heteroatoms. The van der Waals surface area contributed by atoms with Crippen LogP contribution in [0.5, 0.6) is 0 Å². The number of fused-ring (bicyclic) bond motifs is 1. The molecule has 2 aromatic carbocycles. The fourth-order valence-corrected chi connectivity index (χ4v) is 5.42. The number of rotatable bonds is 10. The quantitative estimate of drug-likeness (QED) is 0.386. The van der Waals surface area contributed by atoms with Crippen molar-refractivity contribution in [1.29, 1.82) is 0 Å². The number of imidazole rings is 1. The molecule has 0 saturated carbocycles. The standard InChI is InChI=1S/C24H29F2N3O4S/c1-5-28(6-2)34(31,32)18-9-11-22-21(15-18)27-23(29(22)7-3)12-13-24(30)33-16(4)19-10-8-17(25)14-20(19)26/h8-11,14-16H,5-7,12-13H2,1-4H3. The van der Waals surface area contributed by atoms with Gasteiger partial charge in [0.25, 0.3) is 0 Å². The largest absolute Gasteiger partial charge is 0.458 e. The highest BCUT2D eigenvalue weighted by Crippen LogP contribution is 2.25. The predicted molar refractivity (Wildman–Crippen MR) is 125 cm³/mol. The molecule has 0 N–H and O–H groups in total. The van der Waals surface area contributed by atoms with Crippen molar-refractivity contribution in [2.75, 3.05) is 13.1 Å². The van der Waals surface area contributed by atoms with E-state index >= 15 is 0 Å². The molecular weight excluding hydrogens is 464 g/mol. The highest BCUT2D eigenvalue weighted by atomic mass is 32.2. The molecule has 0 aliphatic rings. The van der Waals surface area contributed by atoms with Crippen LogP contribution in [0.25, 0.3) is 11.0 Å². The molecule has 3 aromatic rings. The van der Waals surface area contributed by atoms with Gasteiger partial charge in [0.1, 0.15) is 23.6 Å². The van der Waals surface area contributed by atoms with Crippen LogP contribution in [0.15, 0.2) is 41.3 Å². The number of nitrogens with zero attached hydrogens (tertiary/aromatic N) is 3. The second kappa shape index (κ2) is 10.6. The van der Waals surface area contributed by atoms with E-state index in [0.717, 1.165) is 17.6 Å². The van der Waals surface area contributed by atoms with E-state index in [-0.39, 0.29) is 23.3 Å². The molecule has 1 atom stereocenters. The molecule has 34 heavy (non-hydrogen) atoms. The fraction of sp³-hybridized carbons (Fsp3) is 0.417. The Morgan fingerprint density at radius 2 is 1.82 bits per heavy atom. The zero-order chi connectivity index (χ0) is 25.0. The lowest BCUT2D eigenvalue weighted by Crippen LogP contribution is -2.30. The van der Waals surface area contributed by atoms with Crippen molar-refractivity contribution < 1.29 is 26.7 Å². The second-order valence-electron chi connectivity index (χ2n) is 7.81. The molecule has 0 saturated heterocycles. The third-order valence-electron chi connectivity index (χ3n) is 5.72. The van der Waals surface area contributed by atoms with Gasteiger partial charge in [-0.1, -0.05) is 13.8 Å². The fourth-order valence-electron chi connectivity index (χ4n) is 3.94. The minimum absolute atomic E-state index is 0.00107. The maximum absolute atomic E-state index is 13.9. The monoisotopic (exact) mass is 493 g/mol. The summed E-state index contributed by atoms with van der Waals surface area (Å²) in [5.74, 6) is -1.40. The molecule has 0 fully saturated rings. The van der Waals surface area contributed by atoms with Gasteiger partial charge in [0.2, 0.25) is 10.0 Å². The summed E-state index contributed by atoms with van der Waals surface area (Å²) >= 11 is 0. The van der Waals surface area contributed by atoms with Gasteiger partial charge >= 0.3 is 5.97 Å². The summed E-state index contributed by atoms with van der Waals surface area (Å²) in [6, 6.07) is 7.96. The molecule has 0 amide bonds. The molecule has 1 unspecified atom stereocenters.